The monoisotopic (exact) mass is 256 g/mol. The maximum Gasteiger partial charge on any atom is 0.247 e. The van der Waals surface area contributed by atoms with Crippen molar-refractivity contribution >= 4 is 11.7 Å². The van der Waals surface area contributed by atoms with Crippen molar-refractivity contribution in [2.75, 3.05) is 11.9 Å². The number of carbonyl (C=O) groups is 1. The van der Waals surface area contributed by atoms with Crippen LogP contribution in [0.3, 0.4) is 0 Å². The molecule has 0 aromatic carbocycles. The molecule has 0 fully saturated rings. The molecule has 0 atom stereocenters. The average molecular weight is 256 g/mol. The van der Waals surface area contributed by atoms with E-state index in [1.807, 2.05) is 0 Å². The predicted molar refractivity (Wildman–Crippen MR) is 69.1 cm³/mol. The van der Waals surface area contributed by atoms with E-state index in [2.05, 4.69) is 27.2 Å². The zero-order chi connectivity index (χ0) is 13.5. The molecule has 2 heterocycles. The van der Waals surface area contributed by atoms with Gasteiger partial charge in [0, 0.05) is 24.2 Å². The highest BCUT2D eigenvalue weighted by Gasteiger charge is 2.04. The van der Waals surface area contributed by atoms with Crippen LogP contribution in [0.25, 0.3) is 0 Å². The van der Waals surface area contributed by atoms with Crippen LogP contribution < -0.4 is 5.32 Å². The lowest BCUT2D eigenvalue weighted by atomic mass is 10.2. The summed E-state index contributed by atoms with van der Waals surface area (Å²) in [5.74, 6) is 5.48. The van der Waals surface area contributed by atoms with Crippen molar-refractivity contribution in [2.24, 2.45) is 0 Å². The molecule has 0 unspecified atom stereocenters. The van der Waals surface area contributed by atoms with Gasteiger partial charge in [-0.05, 0) is 18.2 Å². The van der Waals surface area contributed by atoms with Gasteiger partial charge in [0.1, 0.15) is 19.0 Å². The highest BCUT2D eigenvalue weighted by molar-refractivity contribution is 5.89. The van der Waals surface area contributed by atoms with Gasteiger partial charge in [0.2, 0.25) is 5.91 Å². The number of hydrogen-bond donors (Lipinski definition) is 2. The topological polar surface area (TPSA) is 80.0 Å². The molecule has 96 valence electrons. The summed E-state index contributed by atoms with van der Waals surface area (Å²) in [5.41, 5.74) is 0.679. The summed E-state index contributed by atoms with van der Waals surface area (Å²) >= 11 is 0. The van der Waals surface area contributed by atoms with Crippen LogP contribution in [0.4, 0.5) is 5.82 Å². The number of nitrogens with zero attached hydrogens (tertiary/aromatic N) is 3. The molecule has 6 nitrogen and oxygen atoms in total. The lowest BCUT2D eigenvalue weighted by molar-refractivity contribution is -0.116. The van der Waals surface area contributed by atoms with Gasteiger partial charge >= 0.3 is 0 Å². The number of aromatic nitrogens is 3. The molecule has 0 aliphatic carbocycles. The summed E-state index contributed by atoms with van der Waals surface area (Å²) in [6, 6.07) is 5.09. The van der Waals surface area contributed by atoms with Crippen molar-refractivity contribution < 1.29 is 9.90 Å². The number of nitrogens with one attached hydrogen (secondary N) is 1. The van der Waals surface area contributed by atoms with E-state index >= 15 is 0 Å². The molecular formula is C13H12N4O2. The molecule has 1 amide bonds. The van der Waals surface area contributed by atoms with Crippen LogP contribution >= 0.6 is 0 Å². The van der Waals surface area contributed by atoms with Gasteiger partial charge in [-0.1, -0.05) is 11.8 Å². The van der Waals surface area contributed by atoms with Crippen LogP contribution in [0, 0.1) is 11.8 Å². The van der Waals surface area contributed by atoms with E-state index in [4.69, 9.17) is 5.11 Å². The van der Waals surface area contributed by atoms with E-state index < -0.39 is 0 Å². The highest BCUT2D eigenvalue weighted by atomic mass is 16.2. The molecule has 0 saturated carbocycles. The number of rotatable bonds is 3. The van der Waals surface area contributed by atoms with E-state index in [1.54, 1.807) is 36.8 Å². The third kappa shape index (κ3) is 3.94. The summed E-state index contributed by atoms with van der Waals surface area (Å²) in [7, 11) is 0. The lowest BCUT2D eigenvalue weighted by Crippen LogP contribution is -2.19. The maximum atomic E-state index is 11.7. The molecule has 0 aliphatic rings. The Kier molecular flexibility index (Phi) is 4.26. The summed E-state index contributed by atoms with van der Waals surface area (Å²) in [6.07, 6.45) is 4.86. The Morgan fingerprint density at radius 3 is 3.11 bits per heavy atom. The zero-order valence-electron chi connectivity index (χ0n) is 10.1. The van der Waals surface area contributed by atoms with Crippen molar-refractivity contribution in [1.29, 1.82) is 0 Å². The van der Waals surface area contributed by atoms with E-state index in [0.29, 0.717) is 11.4 Å². The van der Waals surface area contributed by atoms with Crippen LogP contribution in [0.5, 0.6) is 0 Å². The normalized spacial score (nSPS) is 9.53. The number of hydrogen-bond acceptors (Lipinski definition) is 4. The van der Waals surface area contributed by atoms with E-state index in [9.17, 15) is 4.79 Å². The fraction of sp³-hybridized carbons (Fsp3) is 0.154. The maximum absolute atomic E-state index is 11.7. The summed E-state index contributed by atoms with van der Waals surface area (Å²) in [6.45, 7) is -0.0788. The molecule has 2 aromatic rings. The van der Waals surface area contributed by atoms with Gasteiger partial charge in [0.25, 0.3) is 0 Å². The van der Waals surface area contributed by atoms with Crippen LogP contribution in [0.1, 0.15) is 5.56 Å². The van der Waals surface area contributed by atoms with Crippen LogP contribution in [0.15, 0.2) is 36.8 Å². The largest absolute Gasteiger partial charge is 0.384 e. The quantitative estimate of drug-likeness (QED) is 0.772. The van der Waals surface area contributed by atoms with Gasteiger partial charge in [-0.15, -0.1) is 0 Å². The number of pyridine rings is 1. The van der Waals surface area contributed by atoms with E-state index in [0.717, 1.165) is 0 Å². The van der Waals surface area contributed by atoms with Crippen LogP contribution in [-0.2, 0) is 11.3 Å². The van der Waals surface area contributed by atoms with Crippen molar-refractivity contribution in [2.45, 2.75) is 6.54 Å². The molecule has 19 heavy (non-hydrogen) atoms. The second-order valence-corrected chi connectivity index (χ2v) is 3.64. The Hall–Kier alpha value is -2.65. The van der Waals surface area contributed by atoms with E-state index in [1.165, 1.54) is 4.68 Å². The molecular weight excluding hydrogens is 244 g/mol. The summed E-state index contributed by atoms with van der Waals surface area (Å²) in [5, 5.41) is 15.2. The molecule has 2 N–H and O–H groups in total. The Balaban J connectivity index is 2.00. The van der Waals surface area contributed by atoms with Crippen LogP contribution in [-0.4, -0.2) is 32.4 Å². The lowest BCUT2D eigenvalue weighted by Gasteiger charge is -2.04. The fourth-order valence-electron chi connectivity index (χ4n) is 1.44. The Labute approximate surface area is 110 Å². The Morgan fingerprint density at radius 2 is 2.37 bits per heavy atom. The molecule has 0 radical (unpaired) electrons. The predicted octanol–water partition coefficient (Wildman–Crippen LogP) is 0.261. The highest BCUT2D eigenvalue weighted by Crippen LogP contribution is 2.05. The van der Waals surface area contributed by atoms with E-state index in [-0.39, 0.29) is 19.1 Å². The first-order valence-electron chi connectivity index (χ1n) is 5.61. The van der Waals surface area contributed by atoms with Gasteiger partial charge < -0.3 is 10.4 Å². The van der Waals surface area contributed by atoms with Crippen molar-refractivity contribution in [3.63, 3.8) is 0 Å². The molecule has 6 heteroatoms. The SMILES string of the molecule is O=C(Cn1cccn1)Nc1cc(C#CCO)ccn1. The number of amides is 1. The first-order valence-corrected chi connectivity index (χ1v) is 5.61. The smallest absolute Gasteiger partial charge is 0.247 e. The second kappa shape index (κ2) is 6.33. The summed E-state index contributed by atoms with van der Waals surface area (Å²) in [4.78, 5) is 15.7. The number of anilines is 1. The number of aliphatic hydroxyl groups excluding tert-OH is 1. The Bertz CT molecular complexity index is 611. The number of aliphatic hydroxyl groups is 1. The van der Waals surface area contributed by atoms with Gasteiger partial charge in [0.05, 0.1) is 0 Å². The molecule has 2 aromatic heterocycles. The van der Waals surface area contributed by atoms with Crippen molar-refractivity contribution in [3.8, 4) is 11.8 Å². The molecule has 0 spiro atoms. The van der Waals surface area contributed by atoms with Gasteiger partial charge in [-0.3, -0.25) is 9.48 Å². The molecule has 0 bridgehead atoms. The minimum Gasteiger partial charge on any atom is -0.384 e. The first-order chi connectivity index (χ1) is 9.28. The molecule has 0 saturated heterocycles. The van der Waals surface area contributed by atoms with Gasteiger partial charge in [-0.2, -0.15) is 5.10 Å². The number of carbonyl (C=O) groups excluding carboxylic acids is 1. The minimum absolute atomic E-state index is 0.126. The summed E-state index contributed by atoms with van der Waals surface area (Å²) < 4.78 is 1.52. The Morgan fingerprint density at radius 1 is 1.47 bits per heavy atom. The van der Waals surface area contributed by atoms with Gasteiger partial charge in [-0.25, -0.2) is 4.98 Å². The molecule has 2 rings (SSSR count). The third-order valence-corrected chi connectivity index (χ3v) is 2.20. The molecule has 0 aliphatic heterocycles. The van der Waals surface area contributed by atoms with Gasteiger partial charge in [0.15, 0.2) is 0 Å². The standard InChI is InChI=1S/C13H12N4O2/c18-8-1-3-11-4-6-14-12(9-11)16-13(19)10-17-7-2-5-15-17/h2,4-7,9,18H,8,10H2,(H,14,16,19). The fourth-order valence-corrected chi connectivity index (χ4v) is 1.44. The van der Waals surface area contributed by atoms with Crippen molar-refractivity contribution in [3.05, 3.63) is 42.4 Å². The van der Waals surface area contributed by atoms with Crippen LogP contribution in [0.2, 0.25) is 0 Å². The zero-order valence-corrected chi connectivity index (χ0v) is 10.1. The third-order valence-electron chi connectivity index (χ3n) is 2.20. The minimum atomic E-state index is -0.219. The van der Waals surface area contributed by atoms with Crippen molar-refractivity contribution in [1.82, 2.24) is 14.8 Å². The second-order valence-electron chi connectivity index (χ2n) is 3.64. The first kappa shape index (κ1) is 12.8. The average Bonchev–Trinajstić information content (AvgIpc) is 2.89.